The molecule has 0 aromatic heterocycles. The summed E-state index contributed by atoms with van der Waals surface area (Å²) >= 11 is 0. The summed E-state index contributed by atoms with van der Waals surface area (Å²) in [7, 11) is 1.33. The molecule has 0 heterocycles. The molecule has 0 radical (unpaired) electrons. The normalized spacial score (nSPS) is 17.3. The zero-order valence-corrected chi connectivity index (χ0v) is 11.5. The van der Waals surface area contributed by atoms with E-state index in [-0.39, 0.29) is 0 Å². The van der Waals surface area contributed by atoms with Crippen LogP contribution in [-0.2, 0) is 10.8 Å². The first-order valence-corrected chi connectivity index (χ1v) is 7.63. The summed E-state index contributed by atoms with van der Waals surface area (Å²) in [4.78, 5) is 0. The molecule has 3 unspecified atom stereocenters. The minimum absolute atomic E-state index is 0.335. The number of nitrogens with one attached hydrogen (secondary N) is 1. The van der Waals surface area contributed by atoms with Crippen LogP contribution in [0.2, 0.25) is 0 Å². The van der Waals surface area contributed by atoms with Gasteiger partial charge < -0.3 is 5.32 Å². The summed E-state index contributed by atoms with van der Waals surface area (Å²) in [6, 6.07) is 0.428. The van der Waals surface area contributed by atoms with Gasteiger partial charge in [0.15, 0.2) is 0 Å². The summed E-state index contributed by atoms with van der Waals surface area (Å²) in [6.07, 6.45) is 5.54. The number of hydrogen-bond donors (Lipinski definition) is 1. The van der Waals surface area contributed by atoms with Crippen LogP contribution in [0.3, 0.4) is 0 Å². The molecule has 0 spiro atoms. The van der Waals surface area contributed by atoms with E-state index in [4.69, 9.17) is 0 Å². The Hall–Kier alpha value is 0.110. The minimum Gasteiger partial charge on any atom is -0.316 e. The summed E-state index contributed by atoms with van der Waals surface area (Å²) in [5, 5.41) is 3.65. The highest BCUT2D eigenvalue weighted by Gasteiger charge is 2.22. The van der Waals surface area contributed by atoms with Gasteiger partial charge in [-0.2, -0.15) is 0 Å². The topological polar surface area (TPSA) is 29.1 Å². The Morgan fingerprint density at radius 1 is 1.20 bits per heavy atom. The van der Waals surface area contributed by atoms with Crippen molar-refractivity contribution in [2.75, 3.05) is 12.8 Å². The van der Waals surface area contributed by atoms with Crippen molar-refractivity contribution < 1.29 is 4.21 Å². The molecule has 0 aliphatic carbocycles. The minimum atomic E-state index is -0.652. The van der Waals surface area contributed by atoms with Gasteiger partial charge in [0.25, 0.3) is 0 Å². The van der Waals surface area contributed by atoms with Gasteiger partial charge in [0.1, 0.15) is 0 Å². The number of unbranched alkanes of at least 4 members (excludes halogenated alkanes) is 1. The molecule has 0 fully saturated rings. The highest BCUT2D eigenvalue weighted by molar-refractivity contribution is 7.85. The van der Waals surface area contributed by atoms with Crippen molar-refractivity contribution in [3.8, 4) is 0 Å². The van der Waals surface area contributed by atoms with Crippen LogP contribution >= 0.6 is 0 Å². The van der Waals surface area contributed by atoms with Gasteiger partial charge in [-0.3, -0.25) is 4.21 Å². The quantitative estimate of drug-likeness (QED) is 0.663. The van der Waals surface area contributed by atoms with Crippen molar-refractivity contribution in [1.82, 2.24) is 5.32 Å². The zero-order valence-electron chi connectivity index (χ0n) is 10.7. The van der Waals surface area contributed by atoms with Crippen LogP contribution in [0.25, 0.3) is 0 Å². The van der Waals surface area contributed by atoms with E-state index in [0.717, 1.165) is 37.9 Å². The fraction of sp³-hybridized carbons (Fsp3) is 1.00. The van der Waals surface area contributed by atoms with Crippen molar-refractivity contribution in [2.24, 2.45) is 0 Å². The van der Waals surface area contributed by atoms with E-state index in [2.05, 4.69) is 26.1 Å². The highest BCUT2D eigenvalue weighted by atomic mass is 32.2. The molecule has 0 saturated carbocycles. The van der Waals surface area contributed by atoms with Gasteiger partial charge in [-0.05, 0) is 26.3 Å². The molecule has 0 saturated heterocycles. The predicted octanol–water partition coefficient (Wildman–Crippen LogP) is 2.70. The van der Waals surface area contributed by atoms with Crippen LogP contribution in [-0.4, -0.2) is 28.3 Å². The molecule has 1 N–H and O–H groups in total. The Labute approximate surface area is 97.7 Å². The van der Waals surface area contributed by atoms with E-state index >= 15 is 0 Å². The maximum atomic E-state index is 12.1. The largest absolute Gasteiger partial charge is 0.316 e. The van der Waals surface area contributed by atoms with E-state index < -0.39 is 10.8 Å². The van der Waals surface area contributed by atoms with Gasteiger partial charge in [-0.15, -0.1) is 0 Å². The first-order chi connectivity index (χ1) is 7.21. The molecule has 0 rings (SSSR count). The van der Waals surface area contributed by atoms with E-state index in [9.17, 15) is 4.21 Å². The third-order valence-electron chi connectivity index (χ3n) is 2.86. The van der Waals surface area contributed by atoms with Gasteiger partial charge in [-0.25, -0.2) is 0 Å². The number of hydrogen-bond acceptors (Lipinski definition) is 2. The van der Waals surface area contributed by atoms with Gasteiger partial charge in [-0.1, -0.05) is 33.6 Å². The van der Waals surface area contributed by atoms with Crippen molar-refractivity contribution in [2.45, 2.75) is 64.2 Å². The van der Waals surface area contributed by atoms with Crippen molar-refractivity contribution in [1.29, 1.82) is 0 Å². The second-order valence-corrected chi connectivity index (χ2v) is 5.84. The molecular formula is C12H27NOS. The lowest BCUT2D eigenvalue weighted by Gasteiger charge is -2.25. The van der Waals surface area contributed by atoms with Crippen LogP contribution in [0, 0.1) is 0 Å². The van der Waals surface area contributed by atoms with Crippen LogP contribution in [0.15, 0.2) is 0 Å². The first-order valence-electron chi connectivity index (χ1n) is 6.25. The Bertz CT molecular complexity index is 173. The number of rotatable bonds is 9. The molecule has 0 amide bonds. The molecule has 92 valence electrons. The summed E-state index contributed by atoms with van der Waals surface area (Å²) in [5.74, 6) is 0.872. The second kappa shape index (κ2) is 9.34. The Morgan fingerprint density at radius 2 is 1.87 bits per heavy atom. The third-order valence-corrected chi connectivity index (χ3v) is 4.89. The average molecular weight is 233 g/mol. The fourth-order valence-corrected chi connectivity index (χ4v) is 3.81. The van der Waals surface area contributed by atoms with Crippen LogP contribution in [0.4, 0.5) is 0 Å². The molecule has 3 atom stereocenters. The third kappa shape index (κ3) is 5.67. The lowest BCUT2D eigenvalue weighted by atomic mass is 10.1. The van der Waals surface area contributed by atoms with Gasteiger partial charge >= 0.3 is 0 Å². The SMILES string of the molecule is CCCCS(=O)C(CC)C(CCC)NC. The molecule has 0 aromatic carbocycles. The van der Waals surface area contributed by atoms with Gasteiger partial charge in [0.2, 0.25) is 0 Å². The van der Waals surface area contributed by atoms with Crippen molar-refractivity contribution in [3.63, 3.8) is 0 Å². The Balaban J connectivity index is 4.22. The molecule has 0 aromatic rings. The standard InChI is InChI=1S/C12H27NOS/c1-5-8-10-15(14)12(7-3)11(13-4)9-6-2/h11-13H,5-10H2,1-4H3. The monoisotopic (exact) mass is 233 g/mol. The molecule has 2 nitrogen and oxygen atoms in total. The Morgan fingerprint density at radius 3 is 2.27 bits per heavy atom. The Kier molecular flexibility index (Phi) is 9.41. The highest BCUT2D eigenvalue weighted by Crippen LogP contribution is 2.13. The molecule has 0 aliphatic heterocycles. The smallest absolute Gasteiger partial charge is 0.0498 e. The first kappa shape index (κ1) is 15.1. The van der Waals surface area contributed by atoms with E-state index in [1.54, 1.807) is 0 Å². The average Bonchev–Trinajstić information content (AvgIpc) is 2.26. The van der Waals surface area contributed by atoms with Crippen LogP contribution < -0.4 is 5.32 Å². The van der Waals surface area contributed by atoms with E-state index in [1.165, 1.54) is 0 Å². The van der Waals surface area contributed by atoms with E-state index in [0.29, 0.717) is 11.3 Å². The summed E-state index contributed by atoms with van der Waals surface area (Å²) < 4.78 is 12.1. The fourth-order valence-electron chi connectivity index (χ4n) is 1.92. The molecule has 0 aliphatic rings. The molecule has 0 bridgehead atoms. The maximum absolute atomic E-state index is 12.1. The van der Waals surface area contributed by atoms with Crippen molar-refractivity contribution >= 4 is 10.8 Å². The molecule has 3 heteroatoms. The van der Waals surface area contributed by atoms with E-state index in [1.807, 2.05) is 7.05 Å². The van der Waals surface area contributed by atoms with Crippen LogP contribution in [0.1, 0.15) is 52.9 Å². The van der Waals surface area contributed by atoms with Crippen molar-refractivity contribution in [3.05, 3.63) is 0 Å². The molecular weight excluding hydrogens is 206 g/mol. The maximum Gasteiger partial charge on any atom is 0.0498 e. The predicted molar refractivity (Wildman–Crippen MR) is 69.8 cm³/mol. The lowest BCUT2D eigenvalue weighted by Crippen LogP contribution is -2.40. The summed E-state index contributed by atoms with van der Waals surface area (Å²) in [5.41, 5.74) is 0. The molecule has 15 heavy (non-hydrogen) atoms. The summed E-state index contributed by atoms with van der Waals surface area (Å²) in [6.45, 7) is 6.49. The van der Waals surface area contributed by atoms with Crippen LogP contribution in [0.5, 0.6) is 0 Å². The lowest BCUT2D eigenvalue weighted by molar-refractivity contribution is 0.480. The van der Waals surface area contributed by atoms with Gasteiger partial charge in [0, 0.05) is 27.8 Å². The zero-order chi connectivity index (χ0) is 11.7. The second-order valence-electron chi connectivity index (χ2n) is 4.07. The van der Waals surface area contributed by atoms with Gasteiger partial charge in [0.05, 0.1) is 0 Å².